The topological polar surface area (TPSA) is 47.3 Å². The molecular formula is C15H24N2O. The molecule has 0 saturated heterocycles. The molecule has 18 heavy (non-hydrogen) atoms. The molecule has 1 saturated carbocycles. The number of rotatable bonds is 6. The van der Waals surface area contributed by atoms with Gasteiger partial charge < -0.3 is 4.74 Å². The predicted octanol–water partition coefficient (Wildman–Crippen LogP) is 3.17. The summed E-state index contributed by atoms with van der Waals surface area (Å²) < 4.78 is 5.83. The summed E-state index contributed by atoms with van der Waals surface area (Å²) in [5.74, 6) is 7.40. The standard InChI is InChI=1S/C15H24N2O/c1-2-11-18-14-10-6-5-9-13(14)15(17-16)12-7-3-4-8-12/h5-6,9-10,12,15,17H,2-4,7-8,11,16H2,1H3. The quantitative estimate of drug-likeness (QED) is 0.600. The second-order valence-electron chi connectivity index (χ2n) is 5.08. The Balaban J connectivity index is 2.17. The third kappa shape index (κ3) is 3.03. The zero-order valence-corrected chi connectivity index (χ0v) is 11.2. The van der Waals surface area contributed by atoms with Gasteiger partial charge in [-0.3, -0.25) is 11.3 Å². The molecule has 0 amide bonds. The van der Waals surface area contributed by atoms with Crippen LogP contribution >= 0.6 is 0 Å². The van der Waals surface area contributed by atoms with Crippen LogP contribution in [0.4, 0.5) is 0 Å². The van der Waals surface area contributed by atoms with Crippen LogP contribution in [0.1, 0.15) is 50.6 Å². The molecule has 3 N–H and O–H groups in total. The summed E-state index contributed by atoms with van der Waals surface area (Å²) in [7, 11) is 0. The highest BCUT2D eigenvalue weighted by Crippen LogP contribution is 2.38. The van der Waals surface area contributed by atoms with Gasteiger partial charge in [-0.15, -0.1) is 0 Å². The number of ether oxygens (including phenoxy) is 1. The highest BCUT2D eigenvalue weighted by Gasteiger charge is 2.27. The summed E-state index contributed by atoms with van der Waals surface area (Å²) in [5, 5.41) is 0. The third-order valence-corrected chi connectivity index (χ3v) is 3.77. The van der Waals surface area contributed by atoms with Gasteiger partial charge in [0.05, 0.1) is 12.6 Å². The minimum Gasteiger partial charge on any atom is -0.493 e. The molecule has 3 heteroatoms. The lowest BCUT2D eigenvalue weighted by molar-refractivity contribution is 0.298. The number of hydrogen-bond donors (Lipinski definition) is 2. The third-order valence-electron chi connectivity index (χ3n) is 3.77. The maximum absolute atomic E-state index is 5.83. The molecule has 3 nitrogen and oxygen atoms in total. The first-order chi connectivity index (χ1) is 8.86. The lowest BCUT2D eigenvalue weighted by atomic mass is 9.91. The normalized spacial score (nSPS) is 17.9. The fraction of sp³-hybridized carbons (Fsp3) is 0.600. The maximum Gasteiger partial charge on any atom is 0.124 e. The van der Waals surface area contributed by atoms with Crippen LogP contribution in [0.5, 0.6) is 5.75 Å². The minimum absolute atomic E-state index is 0.223. The highest BCUT2D eigenvalue weighted by molar-refractivity contribution is 5.36. The first-order valence-corrected chi connectivity index (χ1v) is 7.04. The molecule has 1 aliphatic rings. The van der Waals surface area contributed by atoms with Gasteiger partial charge in [0.1, 0.15) is 5.75 Å². The van der Waals surface area contributed by atoms with E-state index in [-0.39, 0.29) is 6.04 Å². The summed E-state index contributed by atoms with van der Waals surface area (Å²) >= 11 is 0. The van der Waals surface area contributed by atoms with Gasteiger partial charge in [0, 0.05) is 5.56 Å². The molecule has 0 radical (unpaired) electrons. The summed E-state index contributed by atoms with van der Waals surface area (Å²) in [5.41, 5.74) is 4.21. The molecule has 1 aliphatic carbocycles. The molecule has 0 aliphatic heterocycles. The van der Waals surface area contributed by atoms with Crippen LogP contribution < -0.4 is 16.0 Å². The molecule has 100 valence electrons. The average molecular weight is 248 g/mol. The van der Waals surface area contributed by atoms with Crippen molar-refractivity contribution in [3.05, 3.63) is 29.8 Å². The Bertz CT molecular complexity index is 361. The van der Waals surface area contributed by atoms with Crippen LogP contribution in [0.15, 0.2) is 24.3 Å². The molecule has 1 unspecified atom stereocenters. The number of nitrogens with one attached hydrogen (secondary N) is 1. The summed E-state index contributed by atoms with van der Waals surface area (Å²) in [6, 6.07) is 8.49. The van der Waals surface area contributed by atoms with Crippen molar-refractivity contribution in [1.82, 2.24) is 5.43 Å². The zero-order valence-electron chi connectivity index (χ0n) is 11.2. The van der Waals surface area contributed by atoms with Crippen molar-refractivity contribution in [2.75, 3.05) is 6.61 Å². The Labute approximate surface area is 110 Å². The number of para-hydroxylation sites is 1. The second kappa shape index (κ2) is 6.76. The molecule has 2 rings (SSSR count). The van der Waals surface area contributed by atoms with Crippen molar-refractivity contribution < 1.29 is 4.74 Å². The Kier molecular flexibility index (Phi) is 5.02. The van der Waals surface area contributed by atoms with E-state index in [4.69, 9.17) is 10.6 Å². The van der Waals surface area contributed by atoms with Crippen LogP contribution in [-0.4, -0.2) is 6.61 Å². The van der Waals surface area contributed by atoms with Crippen molar-refractivity contribution in [3.63, 3.8) is 0 Å². The van der Waals surface area contributed by atoms with Crippen molar-refractivity contribution in [1.29, 1.82) is 0 Å². The number of hydrogen-bond acceptors (Lipinski definition) is 3. The van der Waals surface area contributed by atoms with E-state index < -0.39 is 0 Å². The first-order valence-electron chi connectivity index (χ1n) is 7.04. The van der Waals surface area contributed by atoms with Crippen LogP contribution in [0.2, 0.25) is 0 Å². The van der Waals surface area contributed by atoms with E-state index in [2.05, 4.69) is 24.5 Å². The van der Waals surface area contributed by atoms with Crippen LogP contribution in [0.3, 0.4) is 0 Å². The number of benzene rings is 1. The number of nitrogens with two attached hydrogens (primary N) is 1. The van der Waals surface area contributed by atoms with E-state index in [1.165, 1.54) is 31.2 Å². The van der Waals surface area contributed by atoms with Gasteiger partial charge in [-0.1, -0.05) is 38.0 Å². The summed E-state index contributed by atoms with van der Waals surface area (Å²) in [4.78, 5) is 0. The fourth-order valence-electron chi connectivity index (χ4n) is 2.85. The molecule has 0 spiro atoms. The van der Waals surface area contributed by atoms with Crippen LogP contribution in [-0.2, 0) is 0 Å². The predicted molar refractivity (Wildman–Crippen MR) is 74.3 cm³/mol. The van der Waals surface area contributed by atoms with Crippen molar-refractivity contribution in [2.45, 2.75) is 45.1 Å². The summed E-state index contributed by atoms with van der Waals surface area (Å²) in [6.45, 7) is 2.89. The van der Waals surface area contributed by atoms with E-state index in [0.29, 0.717) is 5.92 Å². The van der Waals surface area contributed by atoms with E-state index in [0.717, 1.165) is 18.8 Å². The molecule has 1 aromatic carbocycles. The summed E-state index contributed by atoms with van der Waals surface area (Å²) in [6.07, 6.45) is 6.19. The van der Waals surface area contributed by atoms with Gasteiger partial charge >= 0.3 is 0 Å². The second-order valence-corrected chi connectivity index (χ2v) is 5.08. The first kappa shape index (κ1) is 13.4. The van der Waals surface area contributed by atoms with E-state index in [1.807, 2.05) is 12.1 Å². The fourth-order valence-corrected chi connectivity index (χ4v) is 2.85. The molecule has 1 atom stereocenters. The zero-order chi connectivity index (χ0) is 12.8. The van der Waals surface area contributed by atoms with Crippen molar-refractivity contribution >= 4 is 0 Å². The Morgan fingerprint density at radius 1 is 1.33 bits per heavy atom. The molecular weight excluding hydrogens is 224 g/mol. The van der Waals surface area contributed by atoms with Gasteiger partial charge in [0.15, 0.2) is 0 Å². The molecule has 1 aromatic rings. The highest BCUT2D eigenvalue weighted by atomic mass is 16.5. The largest absolute Gasteiger partial charge is 0.493 e. The van der Waals surface area contributed by atoms with Crippen LogP contribution in [0, 0.1) is 5.92 Å². The molecule has 1 fully saturated rings. The monoisotopic (exact) mass is 248 g/mol. The van der Waals surface area contributed by atoms with Gasteiger partial charge in [-0.2, -0.15) is 0 Å². The Hall–Kier alpha value is -1.06. The van der Waals surface area contributed by atoms with E-state index >= 15 is 0 Å². The van der Waals surface area contributed by atoms with Crippen molar-refractivity contribution in [2.24, 2.45) is 11.8 Å². The maximum atomic E-state index is 5.83. The molecule has 0 bridgehead atoms. The van der Waals surface area contributed by atoms with Gasteiger partial charge in [0.2, 0.25) is 0 Å². The van der Waals surface area contributed by atoms with Gasteiger partial charge in [0.25, 0.3) is 0 Å². The van der Waals surface area contributed by atoms with E-state index in [9.17, 15) is 0 Å². The van der Waals surface area contributed by atoms with Gasteiger partial charge in [-0.05, 0) is 31.2 Å². The Morgan fingerprint density at radius 2 is 2.06 bits per heavy atom. The van der Waals surface area contributed by atoms with E-state index in [1.54, 1.807) is 0 Å². The lowest BCUT2D eigenvalue weighted by Gasteiger charge is -2.25. The van der Waals surface area contributed by atoms with Crippen LogP contribution in [0.25, 0.3) is 0 Å². The molecule has 0 aromatic heterocycles. The average Bonchev–Trinajstić information content (AvgIpc) is 2.92. The smallest absolute Gasteiger partial charge is 0.124 e. The Morgan fingerprint density at radius 3 is 2.72 bits per heavy atom. The molecule has 0 heterocycles. The number of hydrazine groups is 1. The van der Waals surface area contributed by atoms with Gasteiger partial charge in [-0.25, -0.2) is 0 Å². The van der Waals surface area contributed by atoms with Crippen molar-refractivity contribution in [3.8, 4) is 5.75 Å². The lowest BCUT2D eigenvalue weighted by Crippen LogP contribution is -2.33. The minimum atomic E-state index is 0.223. The SMILES string of the molecule is CCCOc1ccccc1C(NN)C1CCCC1.